The highest BCUT2D eigenvalue weighted by Gasteiger charge is 2.24. The molecule has 33 heavy (non-hydrogen) atoms. The Kier molecular flexibility index (Phi) is 8.35. The van der Waals surface area contributed by atoms with Crippen molar-refractivity contribution >= 4 is 23.8 Å². The Morgan fingerprint density at radius 3 is 2.24 bits per heavy atom. The summed E-state index contributed by atoms with van der Waals surface area (Å²) in [6.45, 7) is -0.587. The third-order valence-electron chi connectivity index (χ3n) is 4.51. The Morgan fingerprint density at radius 1 is 0.879 bits per heavy atom. The van der Waals surface area contributed by atoms with Crippen LogP contribution in [-0.2, 0) is 27.3 Å². The number of hydrogen-bond acceptors (Lipinski definition) is 6. The van der Waals surface area contributed by atoms with Gasteiger partial charge in [-0.3, -0.25) is 14.9 Å². The number of carbonyl (C=O) groups excluding carboxylic acids is 4. The van der Waals surface area contributed by atoms with E-state index in [1.54, 1.807) is 42.5 Å². The Morgan fingerprint density at radius 2 is 1.58 bits per heavy atom. The lowest BCUT2D eigenvalue weighted by Crippen LogP contribution is -2.45. The van der Waals surface area contributed by atoms with Gasteiger partial charge in [0, 0.05) is 12.0 Å². The Bertz CT molecular complexity index is 1070. The van der Waals surface area contributed by atoms with Crippen LogP contribution in [0, 0.1) is 0 Å². The van der Waals surface area contributed by atoms with Crippen molar-refractivity contribution in [1.82, 2.24) is 16.0 Å². The topological polar surface area (TPSA) is 127 Å². The number of rotatable bonds is 9. The number of hydrogen-bond donors (Lipinski definition) is 3. The molecule has 0 spiro atoms. The minimum Gasteiger partial charge on any atom is -0.467 e. The summed E-state index contributed by atoms with van der Waals surface area (Å²) in [5.41, 5.74) is 1.18. The second-order valence-corrected chi connectivity index (χ2v) is 7.00. The molecule has 0 saturated carbocycles. The van der Waals surface area contributed by atoms with Gasteiger partial charge in [0.05, 0.1) is 12.8 Å². The van der Waals surface area contributed by atoms with Gasteiger partial charge >= 0.3 is 12.0 Å². The normalized spacial score (nSPS) is 11.2. The molecule has 0 bridgehead atoms. The second-order valence-electron chi connectivity index (χ2n) is 7.00. The number of imide groups is 1. The highest BCUT2D eigenvalue weighted by molar-refractivity contribution is 5.98. The van der Waals surface area contributed by atoms with E-state index in [0.717, 1.165) is 5.56 Å². The summed E-state index contributed by atoms with van der Waals surface area (Å²) in [5, 5.41) is 7.15. The lowest BCUT2D eigenvalue weighted by molar-refractivity contribution is -0.150. The van der Waals surface area contributed by atoms with E-state index in [0.29, 0.717) is 11.3 Å². The largest absolute Gasteiger partial charge is 0.467 e. The quantitative estimate of drug-likeness (QED) is 0.430. The van der Waals surface area contributed by atoms with Crippen LogP contribution in [0.15, 0.2) is 83.5 Å². The van der Waals surface area contributed by atoms with E-state index in [1.807, 2.05) is 30.3 Å². The van der Waals surface area contributed by atoms with Crippen LogP contribution in [0.5, 0.6) is 0 Å². The first-order chi connectivity index (χ1) is 16.0. The number of esters is 1. The molecule has 3 N–H and O–H groups in total. The van der Waals surface area contributed by atoms with Crippen molar-refractivity contribution in [3.05, 3.63) is 95.9 Å². The maximum atomic E-state index is 12.7. The first-order valence-corrected chi connectivity index (χ1v) is 10.2. The van der Waals surface area contributed by atoms with Gasteiger partial charge in [0.25, 0.3) is 11.8 Å². The van der Waals surface area contributed by atoms with Crippen LogP contribution in [0.4, 0.5) is 4.79 Å². The number of urea groups is 1. The molecule has 0 aliphatic carbocycles. The fourth-order valence-corrected chi connectivity index (χ4v) is 2.90. The first-order valence-electron chi connectivity index (χ1n) is 10.2. The molecule has 1 heterocycles. The van der Waals surface area contributed by atoms with E-state index in [2.05, 4.69) is 16.0 Å². The van der Waals surface area contributed by atoms with Crippen LogP contribution in [0.3, 0.4) is 0 Å². The van der Waals surface area contributed by atoms with E-state index in [1.165, 1.54) is 6.26 Å². The molecule has 9 nitrogen and oxygen atoms in total. The molecule has 0 saturated heterocycles. The smallest absolute Gasteiger partial charge is 0.329 e. The van der Waals surface area contributed by atoms with Gasteiger partial charge in [-0.05, 0) is 29.8 Å². The van der Waals surface area contributed by atoms with Crippen LogP contribution in [0.25, 0.3) is 0 Å². The van der Waals surface area contributed by atoms with Gasteiger partial charge in [0.2, 0.25) is 0 Å². The molecule has 9 heteroatoms. The SMILES string of the molecule is O=C(COC(=O)[C@H](Cc1ccccc1)NC(=O)c1ccccc1)NC(=O)NCc1ccco1. The van der Waals surface area contributed by atoms with Gasteiger partial charge in [-0.25, -0.2) is 9.59 Å². The van der Waals surface area contributed by atoms with Crippen LogP contribution < -0.4 is 16.0 Å². The number of carbonyl (C=O) groups is 4. The molecule has 0 aliphatic rings. The van der Waals surface area contributed by atoms with Crippen LogP contribution in [-0.4, -0.2) is 36.5 Å². The third-order valence-corrected chi connectivity index (χ3v) is 4.51. The predicted octanol–water partition coefficient (Wildman–Crippen LogP) is 2.19. The monoisotopic (exact) mass is 449 g/mol. The number of nitrogens with one attached hydrogen (secondary N) is 3. The van der Waals surface area contributed by atoms with Gasteiger partial charge in [-0.2, -0.15) is 0 Å². The van der Waals surface area contributed by atoms with Gasteiger partial charge in [-0.15, -0.1) is 0 Å². The molecule has 3 rings (SSSR count). The Balaban J connectivity index is 1.54. The summed E-state index contributed by atoms with van der Waals surface area (Å²) in [4.78, 5) is 49.0. The molecule has 3 aromatic rings. The summed E-state index contributed by atoms with van der Waals surface area (Å²) in [5.74, 6) is -1.54. The molecule has 0 aliphatic heterocycles. The maximum absolute atomic E-state index is 12.7. The van der Waals surface area contributed by atoms with Crippen molar-refractivity contribution in [3.63, 3.8) is 0 Å². The Hall–Kier alpha value is -4.40. The van der Waals surface area contributed by atoms with E-state index < -0.39 is 36.5 Å². The van der Waals surface area contributed by atoms with Crippen molar-refractivity contribution in [2.75, 3.05) is 6.61 Å². The summed E-state index contributed by atoms with van der Waals surface area (Å²) in [7, 11) is 0. The predicted molar refractivity (Wildman–Crippen MR) is 118 cm³/mol. The standard InChI is InChI=1S/C24H23N3O6/c28-21(27-24(31)25-15-19-12-7-13-32-19)16-33-23(30)20(14-17-8-3-1-4-9-17)26-22(29)18-10-5-2-6-11-18/h1-13,20H,14-16H2,(H,26,29)(H2,25,27,28,31)/t20-/m0/s1. The molecule has 0 unspecified atom stereocenters. The number of ether oxygens (including phenoxy) is 1. The van der Waals surface area contributed by atoms with Crippen molar-refractivity contribution in [2.45, 2.75) is 19.0 Å². The van der Waals surface area contributed by atoms with Gasteiger partial charge in [0.15, 0.2) is 6.61 Å². The molecule has 2 aromatic carbocycles. The minimum absolute atomic E-state index is 0.0938. The minimum atomic E-state index is -1.03. The zero-order valence-corrected chi connectivity index (χ0v) is 17.7. The van der Waals surface area contributed by atoms with Gasteiger partial charge < -0.3 is 19.8 Å². The van der Waals surface area contributed by atoms with E-state index >= 15 is 0 Å². The van der Waals surface area contributed by atoms with Crippen molar-refractivity contribution in [3.8, 4) is 0 Å². The lowest BCUT2D eigenvalue weighted by Gasteiger charge is -2.18. The van der Waals surface area contributed by atoms with Crippen molar-refractivity contribution in [1.29, 1.82) is 0 Å². The molecule has 170 valence electrons. The van der Waals surface area contributed by atoms with E-state index in [9.17, 15) is 19.2 Å². The molecule has 4 amide bonds. The lowest BCUT2D eigenvalue weighted by atomic mass is 10.1. The van der Waals surface area contributed by atoms with Gasteiger partial charge in [-0.1, -0.05) is 48.5 Å². The van der Waals surface area contributed by atoms with Crippen molar-refractivity contribution < 1.29 is 28.3 Å². The summed E-state index contributed by atoms with van der Waals surface area (Å²) in [6.07, 6.45) is 1.63. The molecule has 0 radical (unpaired) electrons. The average Bonchev–Trinajstić information content (AvgIpc) is 3.36. The van der Waals surface area contributed by atoms with Crippen LogP contribution in [0.1, 0.15) is 21.7 Å². The van der Waals surface area contributed by atoms with E-state index in [-0.39, 0.29) is 13.0 Å². The fourth-order valence-electron chi connectivity index (χ4n) is 2.90. The van der Waals surface area contributed by atoms with Crippen LogP contribution >= 0.6 is 0 Å². The second kappa shape index (κ2) is 11.8. The highest BCUT2D eigenvalue weighted by Crippen LogP contribution is 2.07. The molecule has 0 fully saturated rings. The summed E-state index contributed by atoms with van der Waals surface area (Å²) >= 11 is 0. The first kappa shape index (κ1) is 23.3. The fraction of sp³-hybridized carbons (Fsp3) is 0.167. The van der Waals surface area contributed by atoms with Crippen molar-refractivity contribution in [2.24, 2.45) is 0 Å². The number of furan rings is 1. The summed E-state index contributed by atoms with van der Waals surface area (Å²) in [6, 6.07) is 19.1. The zero-order chi connectivity index (χ0) is 23.5. The zero-order valence-electron chi connectivity index (χ0n) is 17.7. The maximum Gasteiger partial charge on any atom is 0.329 e. The highest BCUT2D eigenvalue weighted by atomic mass is 16.5. The summed E-state index contributed by atoms with van der Waals surface area (Å²) < 4.78 is 10.1. The molecule has 1 atom stereocenters. The van der Waals surface area contributed by atoms with Crippen LogP contribution in [0.2, 0.25) is 0 Å². The molecular formula is C24H23N3O6. The van der Waals surface area contributed by atoms with Gasteiger partial charge in [0.1, 0.15) is 11.8 Å². The van der Waals surface area contributed by atoms with E-state index in [4.69, 9.17) is 9.15 Å². The molecule has 1 aromatic heterocycles. The number of benzene rings is 2. The third kappa shape index (κ3) is 7.66. The number of amides is 4. The molecular weight excluding hydrogens is 426 g/mol. The Labute approximate surface area is 190 Å². The average molecular weight is 449 g/mol.